The second-order valence-corrected chi connectivity index (χ2v) is 5.68. The molecule has 2 amide bonds. The second kappa shape index (κ2) is 7.61. The molecule has 1 aromatic heterocycles. The first kappa shape index (κ1) is 16.9. The molecule has 0 bridgehead atoms. The molecule has 1 aliphatic rings. The number of piperazine rings is 1. The Morgan fingerprint density at radius 3 is 2.90 bits per heavy atom. The quantitative estimate of drug-likeness (QED) is 0.878. The van der Waals surface area contributed by atoms with Crippen LogP contribution in [0, 0.1) is 0 Å². The van der Waals surface area contributed by atoms with E-state index in [1.807, 2.05) is 23.3 Å². The summed E-state index contributed by atoms with van der Waals surface area (Å²) in [5, 5.41) is 7.85. The van der Waals surface area contributed by atoms with Gasteiger partial charge in [0, 0.05) is 25.2 Å². The molecule has 1 aromatic rings. The van der Waals surface area contributed by atoms with E-state index in [9.17, 15) is 9.59 Å². The minimum absolute atomic E-state index is 0. The van der Waals surface area contributed by atoms with Crippen LogP contribution in [-0.2, 0) is 4.79 Å². The van der Waals surface area contributed by atoms with Crippen LogP contribution < -0.4 is 10.6 Å². The lowest BCUT2D eigenvalue weighted by Gasteiger charge is -2.38. The maximum atomic E-state index is 12.1. The van der Waals surface area contributed by atoms with Crippen molar-refractivity contribution in [3.63, 3.8) is 0 Å². The summed E-state index contributed by atoms with van der Waals surface area (Å²) in [6.07, 6.45) is 0. The highest BCUT2D eigenvalue weighted by Crippen LogP contribution is 2.10. The number of hydrogen-bond donors (Lipinski definition) is 2. The van der Waals surface area contributed by atoms with Gasteiger partial charge in [-0.1, -0.05) is 6.07 Å². The number of thiophene rings is 1. The molecular formula is C13H20ClN3O2S. The number of carbonyl (C=O) groups excluding carboxylic acids is 2. The van der Waals surface area contributed by atoms with Crippen LogP contribution in [0.3, 0.4) is 0 Å². The molecular weight excluding hydrogens is 298 g/mol. The van der Waals surface area contributed by atoms with Gasteiger partial charge in [0.2, 0.25) is 5.91 Å². The van der Waals surface area contributed by atoms with Crippen molar-refractivity contribution in [2.45, 2.75) is 25.9 Å². The van der Waals surface area contributed by atoms with Crippen molar-refractivity contribution in [3.05, 3.63) is 22.4 Å². The van der Waals surface area contributed by atoms with Gasteiger partial charge in [-0.05, 0) is 25.3 Å². The number of carbonyl (C=O) groups is 2. The molecule has 1 fully saturated rings. The minimum Gasteiger partial charge on any atom is -0.342 e. The predicted molar refractivity (Wildman–Crippen MR) is 82.5 cm³/mol. The second-order valence-electron chi connectivity index (χ2n) is 4.73. The van der Waals surface area contributed by atoms with E-state index in [0.29, 0.717) is 11.4 Å². The van der Waals surface area contributed by atoms with E-state index < -0.39 is 0 Å². The van der Waals surface area contributed by atoms with Gasteiger partial charge in [0.05, 0.1) is 11.4 Å². The van der Waals surface area contributed by atoms with Gasteiger partial charge in [0.15, 0.2) is 0 Å². The molecule has 1 aliphatic heterocycles. The molecule has 2 unspecified atom stereocenters. The Hall–Kier alpha value is -1.11. The molecule has 2 rings (SSSR count). The monoisotopic (exact) mass is 317 g/mol. The highest BCUT2D eigenvalue weighted by molar-refractivity contribution is 7.12. The summed E-state index contributed by atoms with van der Waals surface area (Å²) in [6.45, 7) is 5.65. The Balaban J connectivity index is 0.00000200. The zero-order chi connectivity index (χ0) is 13.8. The Kier molecular flexibility index (Phi) is 6.45. The fourth-order valence-electron chi connectivity index (χ4n) is 2.16. The van der Waals surface area contributed by atoms with Gasteiger partial charge < -0.3 is 15.5 Å². The minimum atomic E-state index is -0.181. The normalized spacial score (nSPS) is 22.0. The van der Waals surface area contributed by atoms with Crippen LogP contribution in [0.25, 0.3) is 0 Å². The average molecular weight is 318 g/mol. The lowest BCUT2D eigenvalue weighted by atomic mass is 10.1. The van der Waals surface area contributed by atoms with Crippen LogP contribution in [-0.4, -0.2) is 48.4 Å². The number of halogens is 1. The number of rotatable bonds is 3. The lowest BCUT2D eigenvalue weighted by Crippen LogP contribution is -2.58. The summed E-state index contributed by atoms with van der Waals surface area (Å²) in [7, 11) is 0. The van der Waals surface area contributed by atoms with Crippen LogP contribution in [0.1, 0.15) is 23.5 Å². The van der Waals surface area contributed by atoms with E-state index in [1.54, 1.807) is 6.07 Å². The molecule has 1 saturated heterocycles. The zero-order valence-corrected chi connectivity index (χ0v) is 13.2. The van der Waals surface area contributed by atoms with Crippen molar-refractivity contribution in [2.24, 2.45) is 0 Å². The third kappa shape index (κ3) is 3.94. The topological polar surface area (TPSA) is 61.4 Å². The Bertz CT molecular complexity index is 452. The third-order valence-corrected chi connectivity index (χ3v) is 4.37. The molecule has 5 nitrogen and oxygen atoms in total. The van der Waals surface area contributed by atoms with Gasteiger partial charge >= 0.3 is 0 Å². The van der Waals surface area contributed by atoms with Gasteiger partial charge in [0.25, 0.3) is 5.91 Å². The van der Waals surface area contributed by atoms with Crippen molar-refractivity contribution >= 4 is 35.6 Å². The van der Waals surface area contributed by atoms with Gasteiger partial charge in [-0.3, -0.25) is 9.59 Å². The summed E-state index contributed by atoms with van der Waals surface area (Å²) < 4.78 is 0. The van der Waals surface area contributed by atoms with Crippen molar-refractivity contribution in [3.8, 4) is 0 Å². The van der Waals surface area contributed by atoms with Crippen LogP contribution in [0.4, 0.5) is 0 Å². The molecule has 20 heavy (non-hydrogen) atoms. The smallest absolute Gasteiger partial charge is 0.261 e. The maximum absolute atomic E-state index is 12.1. The molecule has 2 heterocycles. The van der Waals surface area contributed by atoms with E-state index in [0.717, 1.165) is 6.54 Å². The van der Waals surface area contributed by atoms with Gasteiger partial charge in [-0.15, -0.1) is 23.7 Å². The van der Waals surface area contributed by atoms with E-state index >= 15 is 0 Å². The van der Waals surface area contributed by atoms with Crippen LogP contribution in [0.2, 0.25) is 0 Å². The van der Waals surface area contributed by atoms with Gasteiger partial charge in [-0.25, -0.2) is 0 Å². The molecule has 0 aromatic carbocycles. The molecule has 7 heteroatoms. The van der Waals surface area contributed by atoms with Crippen molar-refractivity contribution in [1.29, 1.82) is 0 Å². The van der Waals surface area contributed by atoms with Crippen molar-refractivity contribution in [1.82, 2.24) is 15.5 Å². The number of nitrogens with zero attached hydrogens (tertiary/aromatic N) is 1. The Morgan fingerprint density at radius 2 is 2.25 bits per heavy atom. The SMILES string of the molecule is CC1NCCN(C(=O)CNC(=O)c2cccs2)C1C.Cl. The highest BCUT2D eigenvalue weighted by Gasteiger charge is 2.27. The maximum Gasteiger partial charge on any atom is 0.261 e. The summed E-state index contributed by atoms with van der Waals surface area (Å²) >= 11 is 1.37. The molecule has 2 atom stereocenters. The van der Waals surface area contributed by atoms with E-state index in [-0.39, 0.29) is 42.8 Å². The molecule has 0 aliphatic carbocycles. The molecule has 2 N–H and O–H groups in total. The van der Waals surface area contributed by atoms with Crippen LogP contribution >= 0.6 is 23.7 Å². The predicted octanol–water partition coefficient (Wildman–Crippen LogP) is 1.11. The van der Waals surface area contributed by atoms with Crippen molar-refractivity contribution < 1.29 is 9.59 Å². The molecule has 0 radical (unpaired) electrons. The van der Waals surface area contributed by atoms with E-state index in [4.69, 9.17) is 0 Å². The summed E-state index contributed by atoms with van der Waals surface area (Å²) in [5.41, 5.74) is 0. The van der Waals surface area contributed by atoms with Crippen LogP contribution in [0.5, 0.6) is 0 Å². The first-order chi connectivity index (χ1) is 9.09. The standard InChI is InChI=1S/C13H19N3O2S.ClH/c1-9-10(2)16(6-5-14-9)12(17)8-15-13(18)11-4-3-7-19-11;/h3-4,7,9-10,14H,5-6,8H2,1-2H3,(H,15,18);1H. The molecule has 0 saturated carbocycles. The zero-order valence-electron chi connectivity index (χ0n) is 11.6. The first-order valence-electron chi connectivity index (χ1n) is 6.44. The van der Waals surface area contributed by atoms with Gasteiger partial charge in [-0.2, -0.15) is 0 Å². The largest absolute Gasteiger partial charge is 0.342 e. The summed E-state index contributed by atoms with van der Waals surface area (Å²) in [6, 6.07) is 4.01. The Morgan fingerprint density at radius 1 is 1.50 bits per heavy atom. The Labute approximate surface area is 129 Å². The first-order valence-corrected chi connectivity index (χ1v) is 7.32. The fourth-order valence-corrected chi connectivity index (χ4v) is 2.80. The third-order valence-electron chi connectivity index (χ3n) is 3.50. The number of nitrogens with one attached hydrogen (secondary N) is 2. The number of amides is 2. The van der Waals surface area contributed by atoms with E-state index in [2.05, 4.69) is 17.6 Å². The summed E-state index contributed by atoms with van der Waals surface area (Å²) in [4.78, 5) is 26.3. The number of hydrogen-bond acceptors (Lipinski definition) is 4. The fraction of sp³-hybridized carbons (Fsp3) is 0.538. The average Bonchev–Trinajstić information content (AvgIpc) is 2.93. The van der Waals surface area contributed by atoms with E-state index in [1.165, 1.54) is 11.3 Å². The van der Waals surface area contributed by atoms with Crippen molar-refractivity contribution in [2.75, 3.05) is 19.6 Å². The van der Waals surface area contributed by atoms with Gasteiger partial charge in [0.1, 0.15) is 0 Å². The lowest BCUT2D eigenvalue weighted by molar-refractivity contribution is -0.133. The molecule has 0 spiro atoms. The van der Waals surface area contributed by atoms with Crippen LogP contribution in [0.15, 0.2) is 17.5 Å². The summed E-state index contributed by atoms with van der Waals surface area (Å²) in [5.74, 6) is -0.204. The molecule has 112 valence electrons. The highest BCUT2D eigenvalue weighted by atomic mass is 35.5.